The maximum absolute atomic E-state index is 9.55. The molecule has 2 rings (SSSR count). The molecular formula is C14H14BrNO2. The molecule has 1 heterocycles. The van der Waals surface area contributed by atoms with Crippen LogP contribution in [-0.4, -0.2) is 10.1 Å². The van der Waals surface area contributed by atoms with E-state index in [2.05, 4.69) is 20.9 Å². The summed E-state index contributed by atoms with van der Waals surface area (Å²) >= 11 is 3.42. The first-order valence-corrected chi connectivity index (χ1v) is 6.44. The van der Waals surface area contributed by atoms with E-state index in [1.807, 2.05) is 37.3 Å². The Morgan fingerprint density at radius 3 is 2.72 bits per heavy atom. The average molecular weight is 308 g/mol. The van der Waals surface area contributed by atoms with E-state index in [0.29, 0.717) is 5.75 Å². The molecule has 1 aromatic heterocycles. The third-order valence-electron chi connectivity index (χ3n) is 2.61. The predicted molar refractivity (Wildman–Crippen MR) is 73.8 cm³/mol. The van der Waals surface area contributed by atoms with Gasteiger partial charge in [0, 0.05) is 10.7 Å². The molecule has 0 saturated heterocycles. The quantitative estimate of drug-likeness (QED) is 0.932. The molecule has 94 valence electrons. The second-order valence-corrected chi connectivity index (χ2v) is 4.90. The Kier molecular flexibility index (Phi) is 3.99. The van der Waals surface area contributed by atoms with E-state index >= 15 is 0 Å². The minimum Gasteiger partial charge on any atom is -0.455 e. The average Bonchev–Trinajstić information content (AvgIpc) is 2.32. The van der Waals surface area contributed by atoms with Crippen molar-refractivity contribution in [3.05, 3.63) is 52.3 Å². The lowest BCUT2D eigenvalue weighted by atomic mass is 10.1. The van der Waals surface area contributed by atoms with Crippen LogP contribution in [0.25, 0.3) is 0 Å². The first kappa shape index (κ1) is 13.1. The van der Waals surface area contributed by atoms with E-state index in [9.17, 15) is 5.11 Å². The lowest BCUT2D eigenvalue weighted by Crippen LogP contribution is -1.94. The number of aliphatic hydroxyl groups excluding tert-OH is 1. The smallest absolute Gasteiger partial charge is 0.148 e. The number of hydrogen-bond acceptors (Lipinski definition) is 3. The van der Waals surface area contributed by atoms with Crippen molar-refractivity contribution in [1.29, 1.82) is 0 Å². The summed E-state index contributed by atoms with van der Waals surface area (Å²) < 4.78 is 6.58. The van der Waals surface area contributed by atoms with E-state index in [1.54, 1.807) is 13.1 Å². The van der Waals surface area contributed by atoms with Gasteiger partial charge in [-0.25, -0.2) is 0 Å². The predicted octanol–water partition coefficient (Wildman–Crippen LogP) is 4.00. The van der Waals surface area contributed by atoms with Gasteiger partial charge in [0.05, 0.1) is 11.8 Å². The number of aliphatic hydroxyl groups is 1. The van der Waals surface area contributed by atoms with Crippen molar-refractivity contribution >= 4 is 15.9 Å². The zero-order valence-corrected chi connectivity index (χ0v) is 11.8. The van der Waals surface area contributed by atoms with Crippen LogP contribution in [-0.2, 0) is 0 Å². The molecule has 0 aliphatic rings. The third-order valence-corrected chi connectivity index (χ3v) is 3.30. The number of aromatic nitrogens is 1. The van der Waals surface area contributed by atoms with Crippen molar-refractivity contribution < 1.29 is 9.84 Å². The molecule has 0 spiro atoms. The first-order valence-electron chi connectivity index (χ1n) is 5.65. The van der Waals surface area contributed by atoms with Gasteiger partial charge in [-0.15, -0.1) is 0 Å². The van der Waals surface area contributed by atoms with Crippen LogP contribution in [0, 0.1) is 6.92 Å². The Morgan fingerprint density at radius 2 is 2.11 bits per heavy atom. The van der Waals surface area contributed by atoms with Gasteiger partial charge in [-0.05, 0) is 43.7 Å². The number of ether oxygens (including phenoxy) is 1. The Hall–Kier alpha value is -1.39. The molecule has 2 aromatic rings. The molecule has 0 saturated carbocycles. The normalized spacial score (nSPS) is 12.2. The first-order chi connectivity index (χ1) is 8.58. The molecule has 0 amide bonds. The fourth-order valence-electron chi connectivity index (χ4n) is 1.61. The molecule has 18 heavy (non-hydrogen) atoms. The summed E-state index contributed by atoms with van der Waals surface area (Å²) in [5, 5.41) is 9.55. The van der Waals surface area contributed by atoms with Crippen LogP contribution in [0.2, 0.25) is 0 Å². The second kappa shape index (κ2) is 5.50. The van der Waals surface area contributed by atoms with Crippen molar-refractivity contribution in [3.63, 3.8) is 0 Å². The van der Waals surface area contributed by atoms with Crippen molar-refractivity contribution in [2.45, 2.75) is 20.0 Å². The van der Waals surface area contributed by atoms with E-state index in [1.165, 1.54) is 0 Å². The number of nitrogens with zero attached hydrogens (tertiary/aromatic N) is 1. The molecule has 1 aromatic carbocycles. The van der Waals surface area contributed by atoms with Gasteiger partial charge in [-0.3, -0.25) is 4.98 Å². The molecule has 1 atom stereocenters. The summed E-state index contributed by atoms with van der Waals surface area (Å²) in [6.07, 6.45) is 1.22. The highest BCUT2D eigenvalue weighted by atomic mass is 79.9. The zero-order valence-electron chi connectivity index (χ0n) is 10.2. The van der Waals surface area contributed by atoms with Crippen LogP contribution >= 0.6 is 15.9 Å². The SMILES string of the molecule is Cc1ncccc1Oc1ccc([C@@H](C)O)c(Br)c1. The zero-order chi connectivity index (χ0) is 13.1. The molecule has 4 heteroatoms. The van der Waals surface area contributed by atoms with Crippen molar-refractivity contribution in [3.8, 4) is 11.5 Å². The molecule has 0 fully saturated rings. The minimum atomic E-state index is -0.506. The van der Waals surface area contributed by atoms with Crippen LogP contribution < -0.4 is 4.74 Å². The largest absolute Gasteiger partial charge is 0.455 e. The molecular weight excluding hydrogens is 294 g/mol. The van der Waals surface area contributed by atoms with Gasteiger partial charge in [-0.1, -0.05) is 22.0 Å². The molecule has 0 unspecified atom stereocenters. The Bertz CT molecular complexity index is 555. The van der Waals surface area contributed by atoms with Crippen molar-refractivity contribution in [2.75, 3.05) is 0 Å². The molecule has 3 nitrogen and oxygen atoms in total. The summed E-state index contributed by atoms with van der Waals surface area (Å²) in [5.41, 5.74) is 1.68. The van der Waals surface area contributed by atoms with E-state index in [4.69, 9.17) is 4.74 Å². The van der Waals surface area contributed by atoms with Gasteiger partial charge in [0.2, 0.25) is 0 Å². The molecule has 0 radical (unpaired) electrons. The summed E-state index contributed by atoms with van der Waals surface area (Å²) in [6, 6.07) is 9.23. The third kappa shape index (κ3) is 2.89. The number of hydrogen-bond donors (Lipinski definition) is 1. The van der Waals surface area contributed by atoms with Crippen molar-refractivity contribution in [1.82, 2.24) is 4.98 Å². The number of rotatable bonds is 3. The maximum atomic E-state index is 9.55. The van der Waals surface area contributed by atoms with Crippen LogP contribution in [0.4, 0.5) is 0 Å². The standard InChI is InChI=1S/C14H14BrNO2/c1-9-14(4-3-7-16-9)18-11-5-6-12(10(2)17)13(15)8-11/h3-8,10,17H,1-2H3/t10-/m1/s1. The number of pyridine rings is 1. The van der Waals surface area contributed by atoms with Crippen LogP contribution in [0.5, 0.6) is 11.5 Å². The number of halogens is 1. The molecule has 1 N–H and O–H groups in total. The van der Waals surface area contributed by atoms with E-state index in [0.717, 1.165) is 21.5 Å². The van der Waals surface area contributed by atoms with Gasteiger partial charge in [0.15, 0.2) is 0 Å². The van der Waals surface area contributed by atoms with Crippen LogP contribution in [0.1, 0.15) is 24.3 Å². The lowest BCUT2D eigenvalue weighted by Gasteiger charge is -2.11. The van der Waals surface area contributed by atoms with Crippen molar-refractivity contribution in [2.24, 2.45) is 0 Å². The topological polar surface area (TPSA) is 42.4 Å². The van der Waals surface area contributed by atoms with E-state index in [-0.39, 0.29) is 0 Å². The van der Waals surface area contributed by atoms with Gasteiger partial charge in [-0.2, -0.15) is 0 Å². The van der Waals surface area contributed by atoms with Crippen LogP contribution in [0.3, 0.4) is 0 Å². The highest BCUT2D eigenvalue weighted by molar-refractivity contribution is 9.10. The Morgan fingerprint density at radius 1 is 1.33 bits per heavy atom. The summed E-state index contributed by atoms with van der Waals surface area (Å²) in [4.78, 5) is 4.17. The highest BCUT2D eigenvalue weighted by Gasteiger charge is 2.08. The number of aryl methyl sites for hydroxylation is 1. The van der Waals surface area contributed by atoms with E-state index < -0.39 is 6.10 Å². The Balaban J connectivity index is 2.26. The summed E-state index contributed by atoms with van der Waals surface area (Å²) in [7, 11) is 0. The molecule has 0 bridgehead atoms. The second-order valence-electron chi connectivity index (χ2n) is 4.05. The minimum absolute atomic E-state index is 0.506. The summed E-state index contributed by atoms with van der Waals surface area (Å²) in [6.45, 7) is 3.63. The maximum Gasteiger partial charge on any atom is 0.148 e. The summed E-state index contributed by atoms with van der Waals surface area (Å²) in [5.74, 6) is 1.44. The fraction of sp³-hybridized carbons (Fsp3) is 0.214. The lowest BCUT2D eigenvalue weighted by molar-refractivity contribution is 0.198. The molecule has 0 aliphatic heterocycles. The fourth-order valence-corrected chi connectivity index (χ4v) is 2.30. The highest BCUT2D eigenvalue weighted by Crippen LogP contribution is 2.30. The van der Waals surface area contributed by atoms with Crippen LogP contribution in [0.15, 0.2) is 41.0 Å². The van der Waals surface area contributed by atoms with Gasteiger partial charge >= 0.3 is 0 Å². The number of benzene rings is 1. The van der Waals surface area contributed by atoms with Gasteiger partial charge in [0.25, 0.3) is 0 Å². The monoisotopic (exact) mass is 307 g/mol. The Labute approximate surface area is 115 Å². The molecule has 0 aliphatic carbocycles. The van der Waals surface area contributed by atoms with Gasteiger partial charge < -0.3 is 9.84 Å². The van der Waals surface area contributed by atoms with Gasteiger partial charge in [0.1, 0.15) is 11.5 Å².